The average molecular weight is 519 g/mol. The van der Waals surface area contributed by atoms with Crippen LogP contribution in [-0.2, 0) is 16.0 Å². The van der Waals surface area contributed by atoms with Gasteiger partial charge in [0.2, 0.25) is 0 Å². The summed E-state index contributed by atoms with van der Waals surface area (Å²) in [6.45, 7) is 7.93. The lowest BCUT2D eigenvalue weighted by Gasteiger charge is -2.27. The van der Waals surface area contributed by atoms with Crippen molar-refractivity contribution in [2.24, 2.45) is 0 Å². The number of hydrogen-bond donors (Lipinski definition) is 1. The SMILES string of the molecule is CCc1ccc(N2C(=O)C(=O)/C(=C(/O)c3cc(OC)ccc3Cl)C2c2ccc(N(CC)CC)cc2)cc1. The first kappa shape index (κ1) is 26.3. The summed E-state index contributed by atoms with van der Waals surface area (Å²) in [4.78, 5) is 30.5. The van der Waals surface area contributed by atoms with Crippen molar-refractivity contribution in [3.63, 3.8) is 0 Å². The van der Waals surface area contributed by atoms with E-state index in [1.807, 2.05) is 48.5 Å². The number of Topliss-reactive ketones (excluding diaryl/α,β-unsaturated/α-hetero) is 1. The van der Waals surface area contributed by atoms with Gasteiger partial charge in [-0.25, -0.2) is 0 Å². The summed E-state index contributed by atoms with van der Waals surface area (Å²) in [6.07, 6.45) is 0.851. The van der Waals surface area contributed by atoms with Crippen LogP contribution >= 0.6 is 11.6 Å². The summed E-state index contributed by atoms with van der Waals surface area (Å²) in [5.41, 5.74) is 3.64. The molecule has 0 spiro atoms. The highest BCUT2D eigenvalue weighted by Gasteiger charge is 2.47. The molecule has 1 aliphatic rings. The maximum Gasteiger partial charge on any atom is 0.300 e. The molecule has 0 aromatic heterocycles. The third kappa shape index (κ3) is 4.94. The van der Waals surface area contributed by atoms with Gasteiger partial charge in [0.1, 0.15) is 11.5 Å². The molecule has 3 aromatic rings. The monoisotopic (exact) mass is 518 g/mol. The van der Waals surface area contributed by atoms with Crippen molar-refractivity contribution in [2.75, 3.05) is 30.0 Å². The van der Waals surface area contributed by atoms with Crippen molar-refractivity contribution in [2.45, 2.75) is 33.2 Å². The van der Waals surface area contributed by atoms with Crippen molar-refractivity contribution in [1.29, 1.82) is 0 Å². The minimum atomic E-state index is -0.833. The zero-order valence-corrected chi connectivity index (χ0v) is 22.2. The molecule has 1 heterocycles. The van der Waals surface area contributed by atoms with Crippen LogP contribution in [0.1, 0.15) is 43.5 Å². The number of nitrogens with zero attached hydrogens (tertiary/aromatic N) is 2. The molecule has 37 heavy (non-hydrogen) atoms. The maximum absolute atomic E-state index is 13.5. The van der Waals surface area contributed by atoms with Crippen LogP contribution in [0.2, 0.25) is 5.02 Å². The fourth-order valence-corrected chi connectivity index (χ4v) is 4.93. The van der Waals surface area contributed by atoms with E-state index in [-0.39, 0.29) is 21.9 Å². The molecule has 3 aromatic carbocycles. The fourth-order valence-electron chi connectivity index (χ4n) is 4.72. The van der Waals surface area contributed by atoms with Gasteiger partial charge in [-0.3, -0.25) is 14.5 Å². The van der Waals surface area contributed by atoms with E-state index in [1.165, 1.54) is 12.0 Å². The number of carbonyl (C=O) groups excluding carboxylic acids is 2. The molecule has 1 amide bonds. The predicted molar refractivity (Wildman–Crippen MR) is 149 cm³/mol. The number of anilines is 2. The normalized spacial score (nSPS) is 16.8. The lowest BCUT2D eigenvalue weighted by Crippen LogP contribution is -2.29. The third-order valence-electron chi connectivity index (χ3n) is 6.83. The summed E-state index contributed by atoms with van der Waals surface area (Å²) in [7, 11) is 1.50. The van der Waals surface area contributed by atoms with Crippen LogP contribution in [0, 0.1) is 0 Å². The Labute approximate surface area is 222 Å². The molecule has 1 N–H and O–H groups in total. The smallest absolute Gasteiger partial charge is 0.300 e. The molecule has 192 valence electrons. The van der Waals surface area contributed by atoms with Crippen LogP contribution in [-0.4, -0.2) is 37.0 Å². The minimum absolute atomic E-state index is 0.0182. The Balaban J connectivity index is 1.92. The lowest BCUT2D eigenvalue weighted by atomic mass is 9.94. The van der Waals surface area contributed by atoms with E-state index in [2.05, 4.69) is 25.7 Å². The summed E-state index contributed by atoms with van der Waals surface area (Å²) < 4.78 is 5.29. The van der Waals surface area contributed by atoms with Gasteiger partial charge in [-0.05, 0) is 73.9 Å². The molecule has 6 nitrogen and oxygen atoms in total. The van der Waals surface area contributed by atoms with Gasteiger partial charge >= 0.3 is 0 Å². The van der Waals surface area contributed by atoms with E-state index >= 15 is 0 Å². The van der Waals surface area contributed by atoms with Crippen molar-refractivity contribution in [1.82, 2.24) is 0 Å². The van der Waals surface area contributed by atoms with Gasteiger partial charge in [-0.2, -0.15) is 0 Å². The van der Waals surface area contributed by atoms with Crippen LogP contribution < -0.4 is 14.5 Å². The van der Waals surface area contributed by atoms with Gasteiger partial charge in [-0.1, -0.05) is 42.8 Å². The van der Waals surface area contributed by atoms with Crippen molar-refractivity contribution >= 4 is 40.4 Å². The van der Waals surface area contributed by atoms with Crippen LogP contribution in [0.4, 0.5) is 11.4 Å². The number of aliphatic hydroxyl groups is 1. The first-order chi connectivity index (χ1) is 17.8. The fraction of sp³-hybridized carbons (Fsp3) is 0.267. The van der Waals surface area contributed by atoms with Gasteiger partial charge < -0.3 is 14.7 Å². The molecule has 1 fully saturated rings. The molecular formula is C30H31ClN2O4. The minimum Gasteiger partial charge on any atom is -0.507 e. The average Bonchev–Trinajstić information content (AvgIpc) is 3.19. The Bertz CT molecular complexity index is 1330. The topological polar surface area (TPSA) is 70.1 Å². The number of rotatable bonds is 8. The maximum atomic E-state index is 13.5. The third-order valence-corrected chi connectivity index (χ3v) is 7.16. The molecule has 1 atom stereocenters. The lowest BCUT2D eigenvalue weighted by molar-refractivity contribution is -0.132. The number of carbonyl (C=O) groups is 2. The van der Waals surface area contributed by atoms with Crippen LogP contribution in [0.5, 0.6) is 5.75 Å². The summed E-state index contributed by atoms with van der Waals surface area (Å²) in [5, 5.41) is 11.7. The molecule has 1 unspecified atom stereocenters. The number of halogens is 1. The quantitative estimate of drug-likeness (QED) is 0.213. The van der Waals surface area contributed by atoms with Crippen molar-refractivity contribution in [3.8, 4) is 5.75 Å². The molecule has 7 heteroatoms. The van der Waals surface area contributed by atoms with Gasteiger partial charge in [0.15, 0.2) is 0 Å². The number of aryl methyl sites for hydroxylation is 1. The van der Waals surface area contributed by atoms with E-state index in [0.717, 1.165) is 30.8 Å². The second-order valence-corrected chi connectivity index (χ2v) is 9.21. The second kappa shape index (κ2) is 11.1. The summed E-state index contributed by atoms with van der Waals surface area (Å²) in [6, 6.07) is 19.3. The molecular weight excluding hydrogens is 488 g/mol. The first-order valence-corrected chi connectivity index (χ1v) is 12.8. The van der Waals surface area contributed by atoms with E-state index in [0.29, 0.717) is 17.0 Å². The molecule has 0 saturated carbocycles. The van der Waals surface area contributed by atoms with Gasteiger partial charge in [-0.15, -0.1) is 0 Å². The Hall–Kier alpha value is -3.77. The highest BCUT2D eigenvalue weighted by atomic mass is 35.5. The molecule has 1 aliphatic heterocycles. The highest BCUT2D eigenvalue weighted by molar-refractivity contribution is 6.52. The number of hydrogen-bond acceptors (Lipinski definition) is 5. The number of amides is 1. The number of benzene rings is 3. The highest BCUT2D eigenvalue weighted by Crippen LogP contribution is 2.43. The standard InChI is InChI=1S/C30H31ClN2O4/c1-5-19-8-12-22(13-9-19)33-27(20-10-14-21(15-11-20)32(6-2)7-3)26(29(35)30(33)36)28(34)24-18-23(37-4)16-17-25(24)31/h8-18,27,34H,5-7H2,1-4H3/b28-26+. The van der Waals surface area contributed by atoms with Crippen LogP contribution in [0.3, 0.4) is 0 Å². The van der Waals surface area contributed by atoms with E-state index < -0.39 is 17.7 Å². The van der Waals surface area contributed by atoms with Crippen molar-refractivity contribution in [3.05, 3.63) is 94.0 Å². The van der Waals surface area contributed by atoms with E-state index in [4.69, 9.17) is 16.3 Å². The Kier molecular flexibility index (Phi) is 7.89. The van der Waals surface area contributed by atoms with Gasteiger partial charge in [0, 0.05) is 30.0 Å². The van der Waals surface area contributed by atoms with Gasteiger partial charge in [0.05, 0.1) is 23.7 Å². The first-order valence-electron chi connectivity index (χ1n) is 12.4. The number of aliphatic hydroxyl groups excluding tert-OH is 1. The number of ketones is 1. The molecule has 1 saturated heterocycles. The zero-order valence-electron chi connectivity index (χ0n) is 21.5. The summed E-state index contributed by atoms with van der Waals surface area (Å²) >= 11 is 6.41. The predicted octanol–water partition coefficient (Wildman–Crippen LogP) is 6.38. The summed E-state index contributed by atoms with van der Waals surface area (Å²) in [5.74, 6) is -1.35. The van der Waals surface area contributed by atoms with Crippen LogP contribution in [0.25, 0.3) is 5.76 Å². The second-order valence-electron chi connectivity index (χ2n) is 8.80. The number of methoxy groups -OCH3 is 1. The molecule has 4 rings (SSSR count). The largest absolute Gasteiger partial charge is 0.507 e. The molecule has 0 aliphatic carbocycles. The van der Waals surface area contributed by atoms with Crippen molar-refractivity contribution < 1.29 is 19.4 Å². The molecule has 0 radical (unpaired) electrons. The van der Waals surface area contributed by atoms with E-state index in [9.17, 15) is 14.7 Å². The van der Waals surface area contributed by atoms with Gasteiger partial charge in [0.25, 0.3) is 11.7 Å². The molecule has 0 bridgehead atoms. The Morgan fingerprint density at radius 1 is 0.973 bits per heavy atom. The van der Waals surface area contributed by atoms with Crippen LogP contribution in [0.15, 0.2) is 72.3 Å². The Morgan fingerprint density at radius 3 is 2.19 bits per heavy atom. The number of ether oxygens (including phenoxy) is 1. The van der Waals surface area contributed by atoms with E-state index in [1.54, 1.807) is 18.2 Å². The Morgan fingerprint density at radius 2 is 1.62 bits per heavy atom. The zero-order chi connectivity index (χ0) is 26.7.